The lowest BCUT2D eigenvalue weighted by Crippen LogP contribution is -2.48. The van der Waals surface area contributed by atoms with Gasteiger partial charge in [-0.25, -0.2) is 0 Å². The van der Waals surface area contributed by atoms with Gasteiger partial charge in [0.05, 0.1) is 6.54 Å². The summed E-state index contributed by atoms with van der Waals surface area (Å²) in [6.45, 7) is 13.6. The number of hydrogen-bond acceptors (Lipinski definition) is 4. The van der Waals surface area contributed by atoms with Crippen LogP contribution in [0, 0.1) is 0 Å². The molecule has 0 bridgehead atoms. The van der Waals surface area contributed by atoms with Crippen molar-refractivity contribution in [2.24, 2.45) is 0 Å². The molecule has 166 valence electrons. The Hall–Kier alpha value is -2.41. The number of carbonyl (C=O) groups excluding carboxylic acids is 3. The molecule has 0 radical (unpaired) electrons. The number of rotatable bonds is 6. The summed E-state index contributed by atoms with van der Waals surface area (Å²) in [5.41, 5.74) is 1.73. The topological polar surface area (TPSA) is 81.8 Å². The van der Waals surface area contributed by atoms with Crippen molar-refractivity contribution >= 4 is 17.7 Å². The van der Waals surface area contributed by atoms with E-state index in [0.717, 1.165) is 18.5 Å². The van der Waals surface area contributed by atoms with E-state index in [9.17, 15) is 14.4 Å². The molecule has 7 nitrogen and oxygen atoms in total. The largest absolute Gasteiger partial charge is 0.355 e. The number of likely N-dealkylation sites (N-methyl/N-ethyl adjacent to an activating group) is 1. The van der Waals surface area contributed by atoms with E-state index < -0.39 is 6.04 Å². The molecule has 0 saturated carbocycles. The quantitative estimate of drug-likeness (QED) is 0.741. The molecule has 30 heavy (non-hydrogen) atoms. The van der Waals surface area contributed by atoms with Gasteiger partial charge >= 0.3 is 0 Å². The van der Waals surface area contributed by atoms with E-state index in [1.54, 1.807) is 24.0 Å². The average Bonchev–Trinajstić information content (AvgIpc) is 2.92. The lowest BCUT2D eigenvalue weighted by Gasteiger charge is -2.25. The van der Waals surface area contributed by atoms with Gasteiger partial charge in [0.25, 0.3) is 5.91 Å². The molecular weight excluding hydrogens is 380 g/mol. The lowest BCUT2D eigenvalue weighted by molar-refractivity contribution is -0.132. The molecule has 1 aliphatic rings. The van der Waals surface area contributed by atoms with Crippen molar-refractivity contribution in [3.05, 3.63) is 35.4 Å². The number of nitrogens with zero attached hydrogens (tertiary/aromatic N) is 2. The van der Waals surface area contributed by atoms with Crippen LogP contribution in [0.3, 0.4) is 0 Å². The maximum atomic E-state index is 12.8. The molecule has 1 fully saturated rings. The van der Waals surface area contributed by atoms with E-state index in [2.05, 4.69) is 36.3 Å². The minimum atomic E-state index is -0.602. The minimum Gasteiger partial charge on any atom is -0.355 e. The van der Waals surface area contributed by atoms with E-state index in [4.69, 9.17) is 0 Å². The minimum absolute atomic E-state index is 0.00962. The Morgan fingerprint density at radius 1 is 1.03 bits per heavy atom. The molecule has 1 unspecified atom stereocenters. The van der Waals surface area contributed by atoms with Gasteiger partial charge < -0.3 is 15.5 Å². The Bertz CT molecular complexity index is 740. The molecule has 7 heteroatoms. The first-order valence-electron chi connectivity index (χ1n) is 10.8. The highest BCUT2D eigenvalue weighted by Crippen LogP contribution is 2.22. The van der Waals surface area contributed by atoms with Gasteiger partial charge in [0.1, 0.15) is 6.04 Å². The van der Waals surface area contributed by atoms with Crippen molar-refractivity contribution in [3.63, 3.8) is 0 Å². The first-order chi connectivity index (χ1) is 14.1. The predicted molar refractivity (Wildman–Crippen MR) is 118 cm³/mol. The first kappa shape index (κ1) is 23.9. The molecule has 1 heterocycles. The van der Waals surface area contributed by atoms with Gasteiger partial charge in [0.2, 0.25) is 11.8 Å². The summed E-state index contributed by atoms with van der Waals surface area (Å²) >= 11 is 0. The summed E-state index contributed by atoms with van der Waals surface area (Å²) in [5.74, 6) is -0.325. The van der Waals surface area contributed by atoms with Gasteiger partial charge in [-0.1, -0.05) is 32.9 Å². The van der Waals surface area contributed by atoms with Crippen LogP contribution < -0.4 is 10.6 Å². The predicted octanol–water partition coefficient (Wildman–Crippen LogP) is 1.77. The fraction of sp³-hybridized carbons (Fsp3) is 0.609. The van der Waals surface area contributed by atoms with E-state index >= 15 is 0 Å². The third kappa shape index (κ3) is 6.83. The summed E-state index contributed by atoms with van der Waals surface area (Å²) in [6.07, 6.45) is 0.806. The maximum Gasteiger partial charge on any atom is 0.251 e. The molecule has 0 aromatic heterocycles. The molecular formula is C23H36N4O3. The molecule has 1 atom stereocenters. The zero-order valence-corrected chi connectivity index (χ0v) is 19.0. The fourth-order valence-corrected chi connectivity index (χ4v) is 3.54. The second-order valence-electron chi connectivity index (χ2n) is 8.93. The molecule has 1 aromatic carbocycles. The van der Waals surface area contributed by atoms with Crippen LogP contribution in [0.25, 0.3) is 0 Å². The van der Waals surface area contributed by atoms with Gasteiger partial charge in [-0.15, -0.1) is 0 Å². The molecule has 2 rings (SSSR count). The third-order valence-electron chi connectivity index (χ3n) is 5.37. The highest BCUT2D eigenvalue weighted by molar-refractivity contribution is 5.97. The fourth-order valence-electron chi connectivity index (χ4n) is 3.54. The van der Waals surface area contributed by atoms with Gasteiger partial charge in [0.15, 0.2) is 0 Å². The van der Waals surface area contributed by atoms with Crippen LogP contribution in [0.1, 0.15) is 57.0 Å². The van der Waals surface area contributed by atoms with Gasteiger partial charge in [-0.05, 0) is 43.4 Å². The molecule has 3 amide bonds. The zero-order valence-electron chi connectivity index (χ0n) is 19.0. The van der Waals surface area contributed by atoms with E-state index in [0.29, 0.717) is 38.3 Å². The summed E-state index contributed by atoms with van der Waals surface area (Å²) in [7, 11) is 0. The Kier molecular flexibility index (Phi) is 8.41. The van der Waals surface area contributed by atoms with Crippen molar-refractivity contribution in [1.82, 2.24) is 20.4 Å². The summed E-state index contributed by atoms with van der Waals surface area (Å²) < 4.78 is 0. The molecule has 0 spiro atoms. The smallest absolute Gasteiger partial charge is 0.251 e. The van der Waals surface area contributed by atoms with Crippen molar-refractivity contribution in [3.8, 4) is 0 Å². The van der Waals surface area contributed by atoms with Crippen LogP contribution in [0.4, 0.5) is 0 Å². The molecule has 1 aromatic rings. The van der Waals surface area contributed by atoms with Gasteiger partial charge in [-0.3, -0.25) is 19.3 Å². The van der Waals surface area contributed by atoms with Crippen molar-refractivity contribution < 1.29 is 14.4 Å². The summed E-state index contributed by atoms with van der Waals surface area (Å²) in [4.78, 5) is 41.1. The molecule has 2 N–H and O–H groups in total. The monoisotopic (exact) mass is 416 g/mol. The lowest BCUT2D eigenvalue weighted by atomic mass is 9.86. The van der Waals surface area contributed by atoms with Crippen molar-refractivity contribution in [2.75, 3.05) is 39.3 Å². The summed E-state index contributed by atoms with van der Waals surface area (Å²) in [5, 5.41) is 5.63. The molecule has 1 saturated heterocycles. The third-order valence-corrected chi connectivity index (χ3v) is 5.37. The van der Waals surface area contributed by atoms with Gasteiger partial charge in [0, 0.05) is 38.3 Å². The van der Waals surface area contributed by atoms with Crippen LogP contribution in [-0.2, 0) is 15.0 Å². The summed E-state index contributed by atoms with van der Waals surface area (Å²) in [6, 6.07) is 6.92. The number of benzene rings is 1. The van der Waals surface area contributed by atoms with Crippen LogP contribution in [0.15, 0.2) is 24.3 Å². The first-order valence-corrected chi connectivity index (χ1v) is 10.8. The van der Waals surface area contributed by atoms with Crippen LogP contribution in [0.2, 0.25) is 0 Å². The van der Waals surface area contributed by atoms with Crippen molar-refractivity contribution in [2.45, 2.75) is 52.5 Å². The number of carbonyl (C=O) groups is 3. The van der Waals surface area contributed by atoms with Crippen LogP contribution in [-0.4, -0.2) is 72.8 Å². The van der Waals surface area contributed by atoms with Crippen LogP contribution in [0.5, 0.6) is 0 Å². The second-order valence-corrected chi connectivity index (χ2v) is 8.93. The van der Waals surface area contributed by atoms with E-state index in [1.807, 2.05) is 19.1 Å². The Morgan fingerprint density at radius 3 is 2.30 bits per heavy atom. The number of nitrogens with one attached hydrogen (secondary N) is 2. The van der Waals surface area contributed by atoms with Crippen LogP contribution >= 0.6 is 0 Å². The Labute approximate surface area is 180 Å². The second kappa shape index (κ2) is 10.6. The van der Waals surface area contributed by atoms with Crippen molar-refractivity contribution in [1.29, 1.82) is 0 Å². The highest BCUT2D eigenvalue weighted by Gasteiger charge is 2.25. The Balaban J connectivity index is 1.89. The normalized spacial score (nSPS) is 16.5. The van der Waals surface area contributed by atoms with Gasteiger partial charge in [-0.2, -0.15) is 0 Å². The molecule has 0 aliphatic carbocycles. The SMILES string of the molecule is CCNC(=O)CN1CCCN(C(=O)C(C)NC(=O)c2ccc(C(C)(C)C)cc2)CC1. The number of amides is 3. The van der Waals surface area contributed by atoms with E-state index in [1.165, 1.54) is 0 Å². The highest BCUT2D eigenvalue weighted by atomic mass is 16.2. The number of hydrogen-bond donors (Lipinski definition) is 2. The molecule has 1 aliphatic heterocycles. The van der Waals surface area contributed by atoms with E-state index in [-0.39, 0.29) is 23.1 Å². The average molecular weight is 417 g/mol. The zero-order chi connectivity index (χ0) is 22.3. The maximum absolute atomic E-state index is 12.8. The standard InChI is InChI=1S/C23H36N4O3/c1-6-24-20(28)16-26-12-7-13-27(15-14-26)22(30)17(2)25-21(29)18-8-10-19(11-9-18)23(3,4)5/h8-11,17H,6-7,12-16H2,1-5H3,(H,24,28)(H,25,29). The Morgan fingerprint density at radius 2 is 1.70 bits per heavy atom.